The van der Waals surface area contributed by atoms with Gasteiger partial charge in [-0.2, -0.15) is 0 Å². The Morgan fingerprint density at radius 3 is 1.97 bits per heavy atom. The van der Waals surface area contributed by atoms with Gasteiger partial charge in [-0.05, 0) is 54.3 Å². The highest BCUT2D eigenvalue weighted by atomic mass is 79.9. The maximum absolute atomic E-state index is 13.5. The Balaban J connectivity index is 1.92. The predicted molar refractivity (Wildman–Crippen MR) is 126 cm³/mol. The van der Waals surface area contributed by atoms with Crippen LogP contribution in [0.1, 0.15) is 30.4 Å². The summed E-state index contributed by atoms with van der Waals surface area (Å²) in [5.41, 5.74) is -0.923. The van der Waals surface area contributed by atoms with E-state index >= 15 is 0 Å². The number of aliphatic hydroxyl groups is 1. The minimum absolute atomic E-state index is 0.249. The molecule has 1 N–H and O–H groups in total. The first-order chi connectivity index (χ1) is 14.1. The van der Waals surface area contributed by atoms with Crippen LogP contribution in [0.25, 0.3) is 0 Å². The van der Waals surface area contributed by atoms with Crippen LogP contribution in [0.4, 0.5) is 0 Å². The molecule has 2 atom stereocenters. The summed E-state index contributed by atoms with van der Waals surface area (Å²) in [6.45, 7) is 0. The SMILES string of the molecule is C[N+](C)(C)C1C=CCC[C@@H](OC(=O)C(O)(c2ccc(Br)cc2)c2ccc(Br)cc2)C1. The van der Waals surface area contributed by atoms with Crippen LogP contribution >= 0.6 is 31.9 Å². The molecule has 0 saturated carbocycles. The molecule has 0 radical (unpaired) electrons. The number of nitrogens with zero attached hydrogens (tertiary/aromatic N) is 1. The molecule has 160 valence electrons. The molecule has 2 aromatic carbocycles. The molecule has 2 aromatic rings. The fourth-order valence-electron chi connectivity index (χ4n) is 3.70. The summed E-state index contributed by atoms with van der Waals surface area (Å²) in [5, 5.41) is 11.7. The van der Waals surface area contributed by atoms with Gasteiger partial charge in [-0.25, -0.2) is 4.79 Å². The molecule has 1 unspecified atom stereocenters. The van der Waals surface area contributed by atoms with Crippen LogP contribution in [0.5, 0.6) is 0 Å². The number of quaternary nitrogens is 1. The Bertz CT molecular complexity index is 856. The summed E-state index contributed by atoms with van der Waals surface area (Å²) < 4.78 is 8.47. The first-order valence-corrected chi connectivity index (χ1v) is 11.6. The van der Waals surface area contributed by atoms with Gasteiger partial charge in [0.25, 0.3) is 0 Å². The molecular formula is C24H28Br2NO3+. The molecule has 1 aliphatic carbocycles. The average molecular weight is 538 g/mol. The second-order valence-corrected chi connectivity index (χ2v) is 10.5. The highest BCUT2D eigenvalue weighted by molar-refractivity contribution is 9.10. The third-order valence-corrected chi connectivity index (χ3v) is 6.66. The minimum atomic E-state index is -1.88. The third kappa shape index (κ3) is 5.22. The van der Waals surface area contributed by atoms with E-state index in [0.29, 0.717) is 11.1 Å². The molecule has 0 spiro atoms. The van der Waals surface area contributed by atoms with Crippen LogP contribution in [0.3, 0.4) is 0 Å². The van der Waals surface area contributed by atoms with E-state index in [1.807, 2.05) is 24.3 Å². The van der Waals surface area contributed by atoms with E-state index < -0.39 is 11.6 Å². The lowest BCUT2D eigenvalue weighted by Gasteiger charge is -2.34. The van der Waals surface area contributed by atoms with Gasteiger partial charge in [0, 0.05) is 15.4 Å². The minimum Gasteiger partial charge on any atom is -0.459 e. The molecule has 4 nitrogen and oxygen atoms in total. The van der Waals surface area contributed by atoms with Crippen molar-refractivity contribution >= 4 is 37.8 Å². The van der Waals surface area contributed by atoms with Crippen molar-refractivity contribution in [3.05, 3.63) is 80.8 Å². The Labute approximate surface area is 195 Å². The van der Waals surface area contributed by atoms with Gasteiger partial charge in [-0.15, -0.1) is 0 Å². The molecular weight excluding hydrogens is 510 g/mol. The van der Waals surface area contributed by atoms with Gasteiger partial charge >= 0.3 is 5.97 Å². The number of carbonyl (C=O) groups excluding carboxylic acids is 1. The molecule has 0 aliphatic heterocycles. The lowest BCUT2D eigenvalue weighted by atomic mass is 9.86. The van der Waals surface area contributed by atoms with Crippen molar-refractivity contribution in [1.82, 2.24) is 0 Å². The standard InChI is InChI=1S/C24H28Br2NO3/c1-27(2,3)21-6-4-5-7-22(16-21)30-23(28)24(29,17-8-12-19(25)13-9-17)18-10-14-20(26)15-11-18/h4,6,8-15,21-22,29H,5,7,16H2,1-3H3/q+1/t21?,22-/m1/s1. The van der Waals surface area contributed by atoms with Crippen LogP contribution in [0, 0.1) is 0 Å². The molecule has 0 heterocycles. The largest absolute Gasteiger partial charge is 0.459 e. The zero-order chi connectivity index (χ0) is 21.9. The van der Waals surface area contributed by atoms with E-state index in [1.165, 1.54) is 0 Å². The predicted octanol–water partition coefficient (Wildman–Crippen LogP) is 5.17. The highest BCUT2D eigenvalue weighted by Crippen LogP contribution is 2.34. The normalized spacial score (nSPS) is 19.9. The Hall–Kier alpha value is -1.47. The monoisotopic (exact) mass is 536 g/mol. The fourth-order valence-corrected chi connectivity index (χ4v) is 4.23. The molecule has 0 saturated heterocycles. The molecule has 30 heavy (non-hydrogen) atoms. The lowest BCUT2D eigenvalue weighted by Crippen LogP contribution is -2.46. The van der Waals surface area contributed by atoms with E-state index in [1.54, 1.807) is 24.3 Å². The number of ether oxygens (including phenoxy) is 1. The van der Waals surface area contributed by atoms with E-state index in [4.69, 9.17) is 4.74 Å². The van der Waals surface area contributed by atoms with Crippen LogP contribution in [-0.2, 0) is 15.1 Å². The van der Waals surface area contributed by atoms with Gasteiger partial charge in [0.2, 0.25) is 5.60 Å². The van der Waals surface area contributed by atoms with E-state index in [9.17, 15) is 9.90 Å². The van der Waals surface area contributed by atoms with Crippen molar-refractivity contribution in [3.8, 4) is 0 Å². The van der Waals surface area contributed by atoms with Crippen molar-refractivity contribution < 1.29 is 19.1 Å². The number of rotatable bonds is 5. The molecule has 3 rings (SSSR count). The molecule has 0 amide bonds. The Morgan fingerprint density at radius 2 is 1.50 bits per heavy atom. The second-order valence-electron chi connectivity index (χ2n) is 8.68. The van der Waals surface area contributed by atoms with Gasteiger partial charge in [0.05, 0.1) is 21.1 Å². The summed E-state index contributed by atoms with van der Waals surface area (Å²) in [6, 6.07) is 14.5. The molecule has 6 heteroatoms. The zero-order valence-electron chi connectivity index (χ0n) is 17.5. The van der Waals surface area contributed by atoms with Crippen molar-refractivity contribution in [2.45, 2.75) is 37.0 Å². The summed E-state index contributed by atoms with van der Waals surface area (Å²) in [6.07, 6.45) is 6.44. The average Bonchev–Trinajstić information content (AvgIpc) is 2.94. The first-order valence-electron chi connectivity index (χ1n) is 10.0. The summed E-state index contributed by atoms with van der Waals surface area (Å²) >= 11 is 6.83. The van der Waals surface area contributed by atoms with E-state index in [2.05, 4.69) is 65.2 Å². The second kappa shape index (κ2) is 9.35. The molecule has 1 aliphatic rings. The van der Waals surface area contributed by atoms with Crippen molar-refractivity contribution in [1.29, 1.82) is 0 Å². The van der Waals surface area contributed by atoms with Crippen LogP contribution in [-0.4, -0.2) is 48.8 Å². The Kier molecular flexibility index (Phi) is 7.23. The van der Waals surface area contributed by atoms with Gasteiger partial charge in [0.1, 0.15) is 12.1 Å². The number of carbonyl (C=O) groups is 1. The van der Waals surface area contributed by atoms with Crippen molar-refractivity contribution in [2.24, 2.45) is 0 Å². The highest BCUT2D eigenvalue weighted by Gasteiger charge is 2.43. The van der Waals surface area contributed by atoms with Gasteiger partial charge in [-0.1, -0.05) is 62.2 Å². The number of allylic oxidation sites excluding steroid dienone is 1. The summed E-state index contributed by atoms with van der Waals surface area (Å²) in [4.78, 5) is 13.5. The number of likely N-dealkylation sites (N-methyl/N-ethyl adjacent to an activating group) is 1. The number of benzene rings is 2. The first kappa shape index (κ1) is 23.2. The third-order valence-electron chi connectivity index (χ3n) is 5.61. The maximum atomic E-state index is 13.5. The Morgan fingerprint density at radius 1 is 1.00 bits per heavy atom. The zero-order valence-corrected chi connectivity index (χ0v) is 20.7. The van der Waals surface area contributed by atoms with Crippen molar-refractivity contribution in [3.63, 3.8) is 0 Å². The van der Waals surface area contributed by atoms with Crippen LogP contribution in [0.2, 0.25) is 0 Å². The number of halogens is 2. The van der Waals surface area contributed by atoms with Crippen LogP contribution in [0.15, 0.2) is 69.6 Å². The summed E-state index contributed by atoms with van der Waals surface area (Å²) in [5.74, 6) is -0.640. The molecule has 0 aromatic heterocycles. The lowest BCUT2D eigenvalue weighted by molar-refractivity contribution is -0.889. The summed E-state index contributed by atoms with van der Waals surface area (Å²) in [7, 11) is 6.41. The van der Waals surface area contributed by atoms with Crippen LogP contribution < -0.4 is 0 Å². The smallest absolute Gasteiger partial charge is 0.347 e. The number of hydrogen-bond acceptors (Lipinski definition) is 3. The topological polar surface area (TPSA) is 46.5 Å². The van der Waals surface area contributed by atoms with E-state index in [0.717, 1.165) is 32.7 Å². The quantitative estimate of drug-likeness (QED) is 0.325. The van der Waals surface area contributed by atoms with Crippen molar-refractivity contribution in [2.75, 3.05) is 21.1 Å². The van der Waals surface area contributed by atoms with Gasteiger partial charge in [0.15, 0.2) is 0 Å². The maximum Gasteiger partial charge on any atom is 0.347 e. The fraction of sp³-hybridized carbons (Fsp3) is 0.375. The molecule has 0 bridgehead atoms. The number of hydrogen-bond donors (Lipinski definition) is 1. The van der Waals surface area contributed by atoms with Gasteiger partial charge < -0.3 is 14.3 Å². The number of esters is 1. The van der Waals surface area contributed by atoms with Gasteiger partial charge in [-0.3, -0.25) is 0 Å². The molecule has 0 fully saturated rings. The van der Waals surface area contributed by atoms with E-state index in [-0.39, 0.29) is 12.1 Å².